The highest BCUT2D eigenvalue weighted by atomic mass is 79.9. The lowest BCUT2D eigenvalue weighted by Crippen LogP contribution is -2.40. The van der Waals surface area contributed by atoms with E-state index in [9.17, 15) is 18.4 Å². The molecule has 1 aromatic heterocycles. The summed E-state index contributed by atoms with van der Waals surface area (Å²) in [6.07, 6.45) is 1.04. The molecule has 0 spiro atoms. The van der Waals surface area contributed by atoms with E-state index in [0.29, 0.717) is 46.0 Å². The summed E-state index contributed by atoms with van der Waals surface area (Å²) in [5.74, 6) is -1.21. The summed E-state index contributed by atoms with van der Waals surface area (Å²) in [4.78, 5) is 27.1. The molecule has 2 heterocycles. The van der Waals surface area contributed by atoms with Gasteiger partial charge in [0.1, 0.15) is 17.7 Å². The summed E-state index contributed by atoms with van der Waals surface area (Å²) in [5, 5.41) is 6.07. The fourth-order valence-electron chi connectivity index (χ4n) is 3.63. The highest BCUT2D eigenvalue weighted by Gasteiger charge is 2.25. The van der Waals surface area contributed by atoms with Gasteiger partial charge < -0.3 is 15.6 Å². The van der Waals surface area contributed by atoms with Gasteiger partial charge in [-0.2, -0.15) is 0 Å². The molecule has 2 aromatic carbocycles. The summed E-state index contributed by atoms with van der Waals surface area (Å²) in [6.45, 7) is 0.550. The first-order valence-electron chi connectivity index (χ1n) is 9.25. The highest BCUT2D eigenvalue weighted by Crippen LogP contribution is 2.34. The van der Waals surface area contributed by atoms with E-state index in [-0.39, 0.29) is 24.1 Å². The zero-order valence-corrected chi connectivity index (χ0v) is 16.9. The number of nitrogens with one attached hydrogen (secondary N) is 3. The molecule has 3 aromatic rings. The fraction of sp³-hybridized carbons (Fsp3) is 0.238. The number of benzene rings is 2. The minimum atomic E-state index is -0.506. The molecule has 5 nitrogen and oxygen atoms in total. The van der Waals surface area contributed by atoms with Gasteiger partial charge in [-0.05, 0) is 60.4 Å². The van der Waals surface area contributed by atoms with Crippen LogP contribution in [0.4, 0.5) is 8.78 Å². The van der Waals surface area contributed by atoms with Gasteiger partial charge in [-0.3, -0.25) is 9.59 Å². The standard InChI is InChI=1S/C21H18BrF2N3O2/c22-12-9-15-14(5-6-18(28)26-17-7-8-25-21(17)29)19(27-20(15)16(24)10-12)11-1-3-13(23)4-2-11/h1-4,9-10,17,27H,5-8H2,(H,25,29)(H,26,28)/t17-/m0/s1. The molecule has 0 aliphatic carbocycles. The van der Waals surface area contributed by atoms with Gasteiger partial charge in [0.2, 0.25) is 11.8 Å². The molecule has 1 aliphatic heterocycles. The van der Waals surface area contributed by atoms with Gasteiger partial charge in [0.25, 0.3) is 0 Å². The van der Waals surface area contributed by atoms with Gasteiger partial charge in [0.15, 0.2) is 0 Å². The van der Waals surface area contributed by atoms with Crippen molar-refractivity contribution in [1.29, 1.82) is 0 Å². The molecule has 0 radical (unpaired) electrons. The maximum atomic E-state index is 14.5. The smallest absolute Gasteiger partial charge is 0.242 e. The molecule has 0 bridgehead atoms. The van der Waals surface area contributed by atoms with E-state index in [4.69, 9.17) is 0 Å². The van der Waals surface area contributed by atoms with E-state index in [1.807, 2.05) is 0 Å². The molecule has 0 saturated carbocycles. The number of amides is 2. The maximum Gasteiger partial charge on any atom is 0.242 e. The average molecular weight is 462 g/mol. The molecule has 2 amide bonds. The molecular formula is C21H18BrF2N3O2. The first-order valence-corrected chi connectivity index (χ1v) is 10.0. The number of halogens is 3. The van der Waals surface area contributed by atoms with E-state index < -0.39 is 11.9 Å². The van der Waals surface area contributed by atoms with Crippen LogP contribution in [0.3, 0.4) is 0 Å². The minimum Gasteiger partial charge on any atom is -0.354 e. The number of aromatic nitrogens is 1. The number of aryl methyl sites for hydroxylation is 1. The topological polar surface area (TPSA) is 74.0 Å². The van der Waals surface area contributed by atoms with Crippen LogP contribution in [0.25, 0.3) is 22.2 Å². The number of fused-ring (bicyclic) bond motifs is 1. The van der Waals surface area contributed by atoms with Crippen molar-refractivity contribution in [3.05, 3.63) is 58.1 Å². The van der Waals surface area contributed by atoms with E-state index in [1.165, 1.54) is 18.2 Å². The lowest BCUT2D eigenvalue weighted by atomic mass is 10.0. The predicted molar refractivity (Wildman–Crippen MR) is 109 cm³/mol. The van der Waals surface area contributed by atoms with E-state index >= 15 is 0 Å². The Bertz CT molecular complexity index is 1100. The van der Waals surface area contributed by atoms with Crippen LogP contribution in [0.15, 0.2) is 40.9 Å². The van der Waals surface area contributed by atoms with Crippen LogP contribution in [-0.4, -0.2) is 29.4 Å². The fourth-order valence-corrected chi connectivity index (χ4v) is 4.06. The molecule has 150 valence electrons. The van der Waals surface area contributed by atoms with Crippen LogP contribution in [0, 0.1) is 11.6 Å². The van der Waals surface area contributed by atoms with E-state index in [0.717, 1.165) is 5.56 Å². The summed E-state index contributed by atoms with van der Waals surface area (Å²) in [7, 11) is 0. The molecule has 8 heteroatoms. The van der Waals surface area contributed by atoms with Gasteiger partial charge in [-0.25, -0.2) is 8.78 Å². The lowest BCUT2D eigenvalue weighted by molar-refractivity contribution is -0.127. The van der Waals surface area contributed by atoms with Gasteiger partial charge in [-0.1, -0.05) is 15.9 Å². The van der Waals surface area contributed by atoms with Crippen molar-refractivity contribution in [3.63, 3.8) is 0 Å². The van der Waals surface area contributed by atoms with Crippen LogP contribution < -0.4 is 10.6 Å². The van der Waals surface area contributed by atoms with Crippen LogP contribution in [0.1, 0.15) is 18.4 Å². The first kappa shape index (κ1) is 19.6. The molecule has 3 N–H and O–H groups in total. The second-order valence-corrected chi connectivity index (χ2v) is 7.91. The number of H-pyrrole nitrogens is 1. The predicted octanol–water partition coefficient (Wildman–Crippen LogP) is 3.81. The normalized spacial score (nSPS) is 16.2. The van der Waals surface area contributed by atoms with Crippen molar-refractivity contribution in [2.45, 2.75) is 25.3 Å². The molecule has 1 saturated heterocycles. The third-order valence-corrected chi connectivity index (χ3v) is 5.51. The Kier molecular flexibility index (Phi) is 5.36. The largest absolute Gasteiger partial charge is 0.354 e. The van der Waals surface area contributed by atoms with E-state index in [1.54, 1.807) is 18.2 Å². The Morgan fingerprint density at radius 2 is 1.97 bits per heavy atom. The monoisotopic (exact) mass is 461 g/mol. The quantitative estimate of drug-likeness (QED) is 0.540. The Morgan fingerprint density at radius 1 is 1.21 bits per heavy atom. The van der Waals surface area contributed by atoms with Crippen molar-refractivity contribution in [3.8, 4) is 11.3 Å². The number of carbonyl (C=O) groups is 2. The molecule has 4 rings (SSSR count). The van der Waals surface area contributed by atoms with Crippen molar-refractivity contribution in [2.24, 2.45) is 0 Å². The zero-order valence-electron chi connectivity index (χ0n) is 15.3. The third kappa shape index (κ3) is 4.03. The maximum absolute atomic E-state index is 14.5. The zero-order chi connectivity index (χ0) is 20.5. The van der Waals surface area contributed by atoms with Crippen LogP contribution in [0.5, 0.6) is 0 Å². The Morgan fingerprint density at radius 3 is 2.66 bits per heavy atom. The van der Waals surface area contributed by atoms with Gasteiger partial charge in [0, 0.05) is 28.5 Å². The van der Waals surface area contributed by atoms with Crippen molar-refractivity contribution >= 4 is 38.6 Å². The Labute approximate surface area is 174 Å². The van der Waals surface area contributed by atoms with Crippen molar-refractivity contribution in [2.75, 3.05) is 6.54 Å². The summed E-state index contributed by atoms with van der Waals surface area (Å²) < 4.78 is 28.4. The third-order valence-electron chi connectivity index (χ3n) is 5.05. The highest BCUT2D eigenvalue weighted by molar-refractivity contribution is 9.10. The van der Waals surface area contributed by atoms with Gasteiger partial charge >= 0.3 is 0 Å². The van der Waals surface area contributed by atoms with Crippen LogP contribution in [-0.2, 0) is 16.0 Å². The van der Waals surface area contributed by atoms with Crippen LogP contribution >= 0.6 is 15.9 Å². The molecule has 1 aliphatic rings. The summed E-state index contributed by atoms with van der Waals surface area (Å²) in [5.41, 5.74) is 2.43. The number of aromatic amines is 1. The summed E-state index contributed by atoms with van der Waals surface area (Å²) in [6, 6.07) is 8.54. The first-order chi connectivity index (χ1) is 13.9. The number of rotatable bonds is 5. The second kappa shape index (κ2) is 7.94. The number of carbonyl (C=O) groups excluding carboxylic acids is 2. The Hall–Kier alpha value is -2.74. The van der Waals surface area contributed by atoms with Crippen molar-refractivity contribution < 1.29 is 18.4 Å². The molecular weight excluding hydrogens is 444 g/mol. The lowest BCUT2D eigenvalue weighted by Gasteiger charge is -2.10. The van der Waals surface area contributed by atoms with Crippen molar-refractivity contribution in [1.82, 2.24) is 15.6 Å². The van der Waals surface area contributed by atoms with E-state index in [2.05, 4.69) is 31.5 Å². The Balaban J connectivity index is 1.65. The van der Waals surface area contributed by atoms with Gasteiger partial charge in [0.05, 0.1) is 5.52 Å². The molecule has 1 atom stereocenters. The van der Waals surface area contributed by atoms with Gasteiger partial charge in [-0.15, -0.1) is 0 Å². The SMILES string of the molecule is O=C(CCc1c(-c2ccc(F)cc2)[nH]c2c(F)cc(Br)cc12)N[C@H]1CCNC1=O. The number of hydrogen-bond donors (Lipinski definition) is 3. The molecule has 29 heavy (non-hydrogen) atoms. The molecule has 1 fully saturated rings. The summed E-state index contributed by atoms with van der Waals surface area (Å²) >= 11 is 3.31. The van der Waals surface area contributed by atoms with Crippen LogP contribution in [0.2, 0.25) is 0 Å². The second-order valence-electron chi connectivity index (χ2n) is 7.00. The number of hydrogen-bond acceptors (Lipinski definition) is 2. The minimum absolute atomic E-state index is 0.138. The average Bonchev–Trinajstić information content (AvgIpc) is 3.24. The molecule has 0 unspecified atom stereocenters.